The van der Waals surface area contributed by atoms with Crippen LogP contribution in [0.1, 0.15) is 56.2 Å². The maximum atomic E-state index is 11.6. The van der Waals surface area contributed by atoms with Crippen LogP contribution < -0.4 is 4.74 Å². The SMILES string of the molecule is CC(C)c1ccc(CC(Oc2ccccc2C(C)C)C(=O)O)cc1. The molecular formula is C21H26O3. The van der Waals surface area contributed by atoms with E-state index in [1.807, 2.05) is 36.4 Å². The Balaban J connectivity index is 2.17. The van der Waals surface area contributed by atoms with Crippen molar-refractivity contribution >= 4 is 5.97 Å². The number of ether oxygens (including phenoxy) is 1. The summed E-state index contributed by atoms with van der Waals surface area (Å²) in [5, 5.41) is 9.54. The molecule has 0 heterocycles. The predicted octanol–water partition coefficient (Wildman–Crippen LogP) is 5.01. The summed E-state index contributed by atoms with van der Waals surface area (Å²) < 4.78 is 5.85. The maximum Gasteiger partial charge on any atom is 0.345 e. The van der Waals surface area contributed by atoms with E-state index in [1.54, 1.807) is 0 Å². The zero-order chi connectivity index (χ0) is 17.7. The van der Waals surface area contributed by atoms with E-state index in [0.29, 0.717) is 18.1 Å². The van der Waals surface area contributed by atoms with Crippen molar-refractivity contribution in [3.8, 4) is 5.75 Å². The van der Waals surface area contributed by atoms with Crippen molar-refractivity contribution in [2.45, 2.75) is 52.1 Å². The minimum Gasteiger partial charge on any atom is -0.478 e. The molecule has 0 aliphatic heterocycles. The molecule has 2 rings (SSSR count). The Kier molecular flexibility index (Phi) is 6.02. The lowest BCUT2D eigenvalue weighted by Crippen LogP contribution is -2.29. The highest BCUT2D eigenvalue weighted by Crippen LogP contribution is 2.27. The molecule has 0 saturated heterocycles. The molecule has 0 spiro atoms. The molecule has 3 heteroatoms. The van der Waals surface area contributed by atoms with Crippen LogP contribution in [0, 0.1) is 0 Å². The largest absolute Gasteiger partial charge is 0.478 e. The summed E-state index contributed by atoms with van der Waals surface area (Å²) in [6.07, 6.45) is -0.546. The second-order valence-electron chi connectivity index (χ2n) is 6.74. The minimum absolute atomic E-state index is 0.279. The van der Waals surface area contributed by atoms with Crippen LogP contribution in [0.25, 0.3) is 0 Å². The minimum atomic E-state index is -0.943. The van der Waals surface area contributed by atoms with E-state index in [-0.39, 0.29) is 5.92 Å². The molecule has 3 nitrogen and oxygen atoms in total. The molecule has 0 aliphatic rings. The van der Waals surface area contributed by atoms with E-state index >= 15 is 0 Å². The number of carbonyl (C=O) groups is 1. The number of benzene rings is 2. The van der Waals surface area contributed by atoms with Crippen LogP contribution in [0.2, 0.25) is 0 Å². The van der Waals surface area contributed by atoms with Gasteiger partial charge in [-0.15, -0.1) is 0 Å². The van der Waals surface area contributed by atoms with Crippen molar-refractivity contribution in [1.82, 2.24) is 0 Å². The molecule has 0 fully saturated rings. The number of carboxylic acids is 1. The van der Waals surface area contributed by atoms with E-state index in [4.69, 9.17) is 4.74 Å². The Labute approximate surface area is 144 Å². The van der Waals surface area contributed by atoms with Crippen molar-refractivity contribution in [3.63, 3.8) is 0 Å². The summed E-state index contributed by atoms with van der Waals surface area (Å²) in [5.41, 5.74) is 3.24. The third kappa shape index (κ3) is 4.60. The molecule has 0 saturated carbocycles. The first-order valence-corrected chi connectivity index (χ1v) is 8.45. The fourth-order valence-electron chi connectivity index (χ4n) is 2.65. The molecule has 1 atom stereocenters. The zero-order valence-corrected chi connectivity index (χ0v) is 14.8. The first-order chi connectivity index (χ1) is 11.4. The number of hydrogen-bond donors (Lipinski definition) is 1. The molecule has 0 aliphatic carbocycles. The Hall–Kier alpha value is -2.29. The lowest BCUT2D eigenvalue weighted by Gasteiger charge is -2.19. The van der Waals surface area contributed by atoms with Gasteiger partial charge in [0.25, 0.3) is 0 Å². The van der Waals surface area contributed by atoms with Crippen LogP contribution in [0.3, 0.4) is 0 Å². The normalized spacial score (nSPS) is 12.4. The van der Waals surface area contributed by atoms with Gasteiger partial charge < -0.3 is 9.84 Å². The van der Waals surface area contributed by atoms with E-state index in [0.717, 1.165) is 11.1 Å². The summed E-state index contributed by atoms with van der Waals surface area (Å²) in [6.45, 7) is 8.42. The van der Waals surface area contributed by atoms with Gasteiger partial charge in [-0.1, -0.05) is 70.2 Å². The molecule has 2 aromatic carbocycles. The number of aliphatic carboxylic acids is 1. The summed E-state index contributed by atoms with van der Waals surface area (Å²) in [6, 6.07) is 15.7. The van der Waals surface area contributed by atoms with Crippen LogP contribution >= 0.6 is 0 Å². The van der Waals surface area contributed by atoms with Gasteiger partial charge in [0.05, 0.1) is 0 Å². The Bertz CT molecular complexity index is 672. The van der Waals surface area contributed by atoms with Gasteiger partial charge in [0.2, 0.25) is 0 Å². The molecular weight excluding hydrogens is 300 g/mol. The van der Waals surface area contributed by atoms with Gasteiger partial charge in [0, 0.05) is 6.42 Å². The summed E-state index contributed by atoms with van der Waals surface area (Å²) >= 11 is 0. The van der Waals surface area contributed by atoms with E-state index in [9.17, 15) is 9.90 Å². The number of para-hydroxylation sites is 1. The van der Waals surface area contributed by atoms with Crippen molar-refractivity contribution in [3.05, 3.63) is 65.2 Å². The highest BCUT2D eigenvalue weighted by molar-refractivity contribution is 5.73. The van der Waals surface area contributed by atoms with Crippen LogP contribution in [-0.2, 0) is 11.2 Å². The van der Waals surface area contributed by atoms with E-state index < -0.39 is 12.1 Å². The lowest BCUT2D eigenvalue weighted by molar-refractivity contribution is -0.145. The van der Waals surface area contributed by atoms with Gasteiger partial charge in [-0.25, -0.2) is 4.79 Å². The Morgan fingerprint density at radius 2 is 1.58 bits per heavy atom. The fourth-order valence-corrected chi connectivity index (χ4v) is 2.65. The van der Waals surface area contributed by atoms with E-state index in [1.165, 1.54) is 5.56 Å². The molecule has 0 bridgehead atoms. The topological polar surface area (TPSA) is 46.5 Å². The van der Waals surface area contributed by atoms with Crippen LogP contribution in [0.15, 0.2) is 48.5 Å². The zero-order valence-electron chi connectivity index (χ0n) is 14.8. The lowest BCUT2D eigenvalue weighted by atomic mass is 9.99. The number of hydrogen-bond acceptors (Lipinski definition) is 2. The van der Waals surface area contributed by atoms with Crippen LogP contribution in [0.4, 0.5) is 0 Å². The second kappa shape index (κ2) is 8.00. The quantitative estimate of drug-likeness (QED) is 0.778. The summed E-state index contributed by atoms with van der Waals surface area (Å²) in [7, 11) is 0. The van der Waals surface area contributed by atoms with Crippen molar-refractivity contribution in [1.29, 1.82) is 0 Å². The van der Waals surface area contributed by atoms with Gasteiger partial charge in [-0.2, -0.15) is 0 Å². The predicted molar refractivity (Wildman–Crippen MR) is 96.8 cm³/mol. The fraction of sp³-hybridized carbons (Fsp3) is 0.381. The van der Waals surface area contributed by atoms with Gasteiger partial charge in [-0.3, -0.25) is 0 Å². The number of rotatable bonds is 7. The summed E-state index contributed by atoms with van der Waals surface area (Å²) in [5.74, 6) is 0.449. The molecule has 0 radical (unpaired) electrons. The first kappa shape index (κ1) is 18.1. The summed E-state index contributed by atoms with van der Waals surface area (Å²) in [4.78, 5) is 11.6. The van der Waals surface area contributed by atoms with E-state index in [2.05, 4.69) is 39.8 Å². The van der Waals surface area contributed by atoms with Gasteiger partial charge >= 0.3 is 5.97 Å². The molecule has 2 aromatic rings. The maximum absolute atomic E-state index is 11.6. The molecule has 1 unspecified atom stereocenters. The Morgan fingerprint density at radius 1 is 0.958 bits per heavy atom. The second-order valence-corrected chi connectivity index (χ2v) is 6.74. The molecule has 0 amide bonds. The van der Waals surface area contributed by atoms with Gasteiger partial charge in [-0.05, 0) is 34.6 Å². The standard InChI is InChI=1S/C21H26O3/c1-14(2)17-11-9-16(10-12-17)13-20(21(22)23)24-19-8-6-5-7-18(19)15(3)4/h5-12,14-15,20H,13H2,1-4H3,(H,22,23). The smallest absolute Gasteiger partial charge is 0.345 e. The molecule has 128 valence electrons. The van der Waals surface area contributed by atoms with Crippen LogP contribution in [-0.4, -0.2) is 17.2 Å². The number of carboxylic acid groups (broad SMARTS) is 1. The average molecular weight is 326 g/mol. The average Bonchev–Trinajstić information content (AvgIpc) is 2.55. The highest BCUT2D eigenvalue weighted by Gasteiger charge is 2.22. The van der Waals surface area contributed by atoms with Gasteiger partial charge in [0.15, 0.2) is 6.10 Å². The Morgan fingerprint density at radius 3 is 2.12 bits per heavy atom. The van der Waals surface area contributed by atoms with Gasteiger partial charge in [0.1, 0.15) is 5.75 Å². The molecule has 1 N–H and O–H groups in total. The first-order valence-electron chi connectivity index (χ1n) is 8.45. The highest BCUT2D eigenvalue weighted by atomic mass is 16.5. The van der Waals surface area contributed by atoms with Crippen molar-refractivity contribution in [2.24, 2.45) is 0 Å². The van der Waals surface area contributed by atoms with Crippen molar-refractivity contribution in [2.75, 3.05) is 0 Å². The molecule has 24 heavy (non-hydrogen) atoms. The molecule has 0 aromatic heterocycles. The third-order valence-corrected chi connectivity index (χ3v) is 4.15. The van der Waals surface area contributed by atoms with Crippen LogP contribution in [0.5, 0.6) is 5.75 Å². The third-order valence-electron chi connectivity index (χ3n) is 4.15. The monoisotopic (exact) mass is 326 g/mol. The van der Waals surface area contributed by atoms with Crippen molar-refractivity contribution < 1.29 is 14.6 Å².